The van der Waals surface area contributed by atoms with Gasteiger partial charge in [-0.15, -0.1) is 24.0 Å². The molecule has 1 amide bonds. The van der Waals surface area contributed by atoms with E-state index in [2.05, 4.69) is 32.9 Å². The number of guanidine groups is 1. The quantitative estimate of drug-likeness (QED) is 0.182. The van der Waals surface area contributed by atoms with Crippen molar-refractivity contribution in [3.05, 3.63) is 29.8 Å². The highest BCUT2D eigenvalue weighted by molar-refractivity contribution is 14.0. The molecule has 1 aliphatic carbocycles. The zero-order chi connectivity index (χ0) is 20.2. The van der Waals surface area contributed by atoms with Gasteiger partial charge in [-0.05, 0) is 44.0 Å². The molecule has 3 N–H and O–H groups in total. The van der Waals surface area contributed by atoms with Crippen LogP contribution in [-0.2, 0) is 16.1 Å². The maximum Gasteiger partial charge on any atom is 0.227 e. The molecule has 0 radical (unpaired) electrons. The van der Waals surface area contributed by atoms with E-state index in [1.807, 2.05) is 24.3 Å². The Morgan fingerprint density at radius 2 is 2.07 bits per heavy atom. The lowest BCUT2D eigenvalue weighted by Crippen LogP contribution is -2.40. The first-order valence-corrected chi connectivity index (χ1v) is 10.1. The third-order valence-electron chi connectivity index (χ3n) is 5.03. The molecule has 1 aromatic rings. The van der Waals surface area contributed by atoms with Crippen LogP contribution in [0.5, 0.6) is 0 Å². The average molecular weight is 517 g/mol. The molecule has 164 valence electrons. The van der Waals surface area contributed by atoms with Crippen LogP contribution >= 0.6 is 24.0 Å². The molecule has 0 spiro atoms. The van der Waals surface area contributed by atoms with Gasteiger partial charge in [-0.1, -0.05) is 18.6 Å². The Morgan fingerprint density at radius 1 is 1.28 bits per heavy atom. The molecular weight excluding hydrogens is 481 g/mol. The van der Waals surface area contributed by atoms with Crippen molar-refractivity contribution >= 4 is 41.5 Å². The van der Waals surface area contributed by atoms with Crippen LogP contribution in [0.1, 0.15) is 31.2 Å². The molecule has 1 fully saturated rings. The van der Waals surface area contributed by atoms with Gasteiger partial charge in [0.25, 0.3) is 0 Å². The van der Waals surface area contributed by atoms with Crippen LogP contribution in [0.3, 0.4) is 0 Å². The lowest BCUT2D eigenvalue weighted by molar-refractivity contribution is -0.122. The Morgan fingerprint density at radius 3 is 2.72 bits per heavy atom. The maximum absolute atomic E-state index is 12.1. The smallest absolute Gasteiger partial charge is 0.227 e. The van der Waals surface area contributed by atoms with Crippen LogP contribution in [0, 0.1) is 5.92 Å². The number of halogens is 1. The number of aliphatic imine (C=N–C) groups is 1. The summed E-state index contributed by atoms with van der Waals surface area (Å²) in [6.07, 6.45) is 4.22. The summed E-state index contributed by atoms with van der Waals surface area (Å²) in [6.45, 7) is 4.21. The van der Waals surface area contributed by atoms with Crippen molar-refractivity contribution in [2.75, 3.05) is 52.8 Å². The molecule has 0 aliphatic heterocycles. The summed E-state index contributed by atoms with van der Waals surface area (Å²) in [6, 6.07) is 7.97. The first-order chi connectivity index (χ1) is 13.6. The number of hydrogen-bond donors (Lipinski definition) is 3. The van der Waals surface area contributed by atoms with Crippen LogP contribution < -0.4 is 16.0 Å². The normalized spacial score (nSPS) is 14.1. The highest BCUT2D eigenvalue weighted by atomic mass is 127. The Balaban J connectivity index is 0.00000420. The van der Waals surface area contributed by atoms with Crippen molar-refractivity contribution in [3.8, 4) is 0 Å². The minimum Gasteiger partial charge on any atom is -0.385 e. The number of carbonyl (C=O) groups is 1. The monoisotopic (exact) mass is 517 g/mol. The Labute approximate surface area is 192 Å². The SMILES string of the molecule is CN=C(NCCN(C)CCCOC)NCc1cccc(NC(=O)C2CCC2)c1.I. The van der Waals surface area contributed by atoms with Crippen LogP contribution in [-0.4, -0.2) is 64.2 Å². The highest BCUT2D eigenvalue weighted by Gasteiger charge is 2.25. The summed E-state index contributed by atoms with van der Waals surface area (Å²) in [5, 5.41) is 9.69. The van der Waals surface area contributed by atoms with E-state index < -0.39 is 0 Å². The summed E-state index contributed by atoms with van der Waals surface area (Å²) >= 11 is 0. The summed E-state index contributed by atoms with van der Waals surface area (Å²) in [7, 11) is 5.61. The average Bonchev–Trinajstić information content (AvgIpc) is 2.63. The molecule has 8 heteroatoms. The fourth-order valence-corrected chi connectivity index (χ4v) is 3.04. The van der Waals surface area contributed by atoms with Gasteiger partial charge in [-0.3, -0.25) is 9.79 Å². The molecule has 2 rings (SSSR count). The lowest BCUT2D eigenvalue weighted by atomic mass is 9.85. The van der Waals surface area contributed by atoms with E-state index in [-0.39, 0.29) is 35.8 Å². The zero-order valence-electron chi connectivity index (χ0n) is 17.9. The fourth-order valence-electron chi connectivity index (χ4n) is 3.04. The fraction of sp³-hybridized carbons (Fsp3) is 0.619. The Bertz CT molecular complexity index is 637. The number of nitrogens with zero attached hydrogens (tertiary/aromatic N) is 2. The van der Waals surface area contributed by atoms with Crippen LogP contribution in [0.2, 0.25) is 0 Å². The molecule has 1 aromatic carbocycles. The van der Waals surface area contributed by atoms with E-state index in [9.17, 15) is 4.79 Å². The summed E-state index contributed by atoms with van der Waals surface area (Å²) in [5.74, 6) is 1.11. The minimum atomic E-state index is 0. The van der Waals surface area contributed by atoms with Gasteiger partial charge in [0.2, 0.25) is 5.91 Å². The van der Waals surface area contributed by atoms with Crippen LogP contribution in [0.15, 0.2) is 29.3 Å². The van der Waals surface area contributed by atoms with E-state index in [1.54, 1.807) is 14.2 Å². The number of likely N-dealkylation sites (N-methyl/N-ethyl adjacent to an activating group) is 1. The topological polar surface area (TPSA) is 78.0 Å². The molecular formula is C21H36IN5O2. The van der Waals surface area contributed by atoms with Gasteiger partial charge in [0.1, 0.15) is 0 Å². The van der Waals surface area contributed by atoms with Gasteiger partial charge in [0, 0.05) is 58.5 Å². The lowest BCUT2D eigenvalue weighted by Gasteiger charge is -2.24. The molecule has 0 heterocycles. The van der Waals surface area contributed by atoms with Crippen molar-refractivity contribution in [2.24, 2.45) is 10.9 Å². The van der Waals surface area contributed by atoms with E-state index in [1.165, 1.54) is 0 Å². The van der Waals surface area contributed by atoms with Crippen molar-refractivity contribution in [1.29, 1.82) is 0 Å². The first kappa shape index (κ1) is 25.6. The second kappa shape index (κ2) is 14.6. The number of amides is 1. The number of hydrogen-bond acceptors (Lipinski definition) is 4. The standard InChI is InChI=1S/C21H35N5O2.HI/c1-22-21(23-11-13-26(2)12-6-14-28-3)24-16-17-7-4-10-19(15-17)25-20(27)18-8-5-9-18;/h4,7,10,15,18H,5-6,8-9,11-14,16H2,1-3H3,(H,25,27)(H2,22,23,24);1H. The molecule has 1 aliphatic rings. The predicted molar refractivity (Wildman–Crippen MR) is 130 cm³/mol. The number of anilines is 1. The summed E-state index contributed by atoms with van der Waals surface area (Å²) < 4.78 is 5.08. The number of ether oxygens (including phenoxy) is 1. The first-order valence-electron chi connectivity index (χ1n) is 10.1. The van der Waals surface area contributed by atoms with E-state index >= 15 is 0 Å². The molecule has 1 saturated carbocycles. The number of carbonyl (C=O) groups excluding carboxylic acids is 1. The van der Waals surface area contributed by atoms with Crippen molar-refractivity contribution in [2.45, 2.75) is 32.2 Å². The number of methoxy groups -OCH3 is 1. The molecule has 0 unspecified atom stereocenters. The van der Waals surface area contributed by atoms with Crippen LogP contribution in [0.25, 0.3) is 0 Å². The number of nitrogens with one attached hydrogen (secondary N) is 3. The van der Waals surface area contributed by atoms with Crippen LogP contribution in [0.4, 0.5) is 5.69 Å². The molecule has 0 aromatic heterocycles. The van der Waals surface area contributed by atoms with Crippen molar-refractivity contribution in [1.82, 2.24) is 15.5 Å². The molecule has 0 bridgehead atoms. The molecule has 0 atom stereocenters. The van der Waals surface area contributed by atoms with Gasteiger partial charge < -0.3 is 25.6 Å². The minimum absolute atomic E-state index is 0. The maximum atomic E-state index is 12.1. The number of rotatable bonds is 11. The van der Waals surface area contributed by atoms with Gasteiger partial charge >= 0.3 is 0 Å². The van der Waals surface area contributed by atoms with Gasteiger partial charge in [-0.25, -0.2) is 0 Å². The van der Waals surface area contributed by atoms with Crippen molar-refractivity contribution < 1.29 is 9.53 Å². The highest BCUT2D eigenvalue weighted by Crippen LogP contribution is 2.27. The Kier molecular flexibility index (Phi) is 12.9. The molecule has 29 heavy (non-hydrogen) atoms. The third kappa shape index (κ3) is 9.77. The van der Waals surface area contributed by atoms with Crippen molar-refractivity contribution in [3.63, 3.8) is 0 Å². The van der Waals surface area contributed by atoms with E-state index in [0.717, 1.165) is 69.1 Å². The zero-order valence-corrected chi connectivity index (χ0v) is 20.2. The molecule has 0 saturated heterocycles. The van der Waals surface area contributed by atoms with Gasteiger partial charge in [0.15, 0.2) is 5.96 Å². The van der Waals surface area contributed by atoms with E-state index in [0.29, 0.717) is 6.54 Å². The largest absolute Gasteiger partial charge is 0.385 e. The Hall–Kier alpha value is -1.39. The summed E-state index contributed by atoms with van der Waals surface area (Å²) in [4.78, 5) is 18.7. The second-order valence-electron chi connectivity index (χ2n) is 7.32. The number of benzene rings is 1. The summed E-state index contributed by atoms with van der Waals surface area (Å²) in [5.41, 5.74) is 1.96. The third-order valence-corrected chi connectivity index (χ3v) is 5.03. The second-order valence-corrected chi connectivity index (χ2v) is 7.32. The van der Waals surface area contributed by atoms with Gasteiger partial charge in [0.05, 0.1) is 0 Å². The molecule has 7 nitrogen and oxygen atoms in total. The van der Waals surface area contributed by atoms with Gasteiger partial charge in [-0.2, -0.15) is 0 Å². The van der Waals surface area contributed by atoms with E-state index in [4.69, 9.17) is 4.74 Å². The predicted octanol–water partition coefficient (Wildman–Crippen LogP) is 2.68.